The molecule has 8 heteroatoms. The van der Waals surface area contributed by atoms with E-state index in [1.165, 1.54) is 14.2 Å². The predicted octanol–water partition coefficient (Wildman–Crippen LogP) is 0.0651. The molecule has 0 saturated heterocycles. The number of nitrogens with one attached hydrogen (secondary N) is 2. The molecule has 1 rings (SSSR count). The van der Waals surface area contributed by atoms with E-state index >= 15 is 0 Å². The van der Waals surface area contributed by atoms with Gasteiger partial charge in [0, 0.05) is 22.8 Å². The highest BCUT2D eigenvalue weighted by molar-refractivity contribution is 14.1. The Morgan fingerprint density at radius 3 is 2.50 bits per heavy atom. The molecule has 0 aliphatic heterocycles. The van der Waals surface area contributed by atoms with Crippen molar-refractivity contribution in [3.8, 4) is 0 Å². The van der Waals surface area contributed by atoms with E-state index in [2.05, 4.69) is 37.9 Å². The number of esters is 1. The van der Waals surface area contributed by atoms with E-state index in [1.807, 2.05) is 12.1 Å². The third kappa shape index (κ3) is 5.47. The second-order valence-corrected chi connectivity index (χ2v) is 5.19. The molecule has 1 aromatic carbocycles. The second-order valence-electron chi connectivity index (χ2n) is 3.94. The fourth-order valence-corrected chi connectivity index (χ4v) is 1.84. The highest BCUT2D eigenvalue weighted by Gasteiger charge is 2.21. The summed E-state index contributed by atoms with van der Waals surface area (Å²) in [5.41, 5.74) is 0.492. The largest absolute Gasteiger partial charge is 0.467 e. The van der Waals surface area contributed by atoms with Gasteiger partial charge in [-0.25, -0.2) is 4.79 Å². The van der Waals surface area contributed by atoms with Gasteiger partial charge in [-0.2, -0.15) is 0 Å². The smallest absolute Gasteiger partial charge is 0.360 e. The molecule has 0 fully saturated rings. The van der Waals surface area contributed by atoms with Crippen LogP contribution in [-0.2, 0) is 14.2 Å². The van der Waals surface area contributed by atoms with Crippen LogP contribution in [0.5, 0.6) is 0 Å². The number of methoxy groups -OCH3 is 1. The highest BCUT2D eigenvalue weighted by atomic mass is 127. The van der Waals surface area contributed by atoms with Crippen LogP contribution in [0.3, 0.4) is 0 Å². The van der Waals surface area contributed by atoms with Crippen molar-refractivity contribution in [3.63, 3.8) is 0 Å². The fourth-order valence-electron chi connectivity index (χ4n) is 1.48. The van der Waals surface area contributed by atoms with Crippen molar-refractivity contribution < 1.29 is 19.0 Å². The lowest BCUT2D eigenvalue weighted by molar-refractivity contribution is -0.142. The lowest BCUT2D eigenvalue weighted by Gasteiger charge is -2.16. The van der Waals surface area contributed by atoms with Gasteiger partial charge in [0.2, 0.25) is 0 Å². The van der Waals surface area contributed by atoms with Crippen molar-refractivity contribution in [1.29, 1.82) is 0 Å². The first kappa shape index (κ1) is 16.9. The Bertz CT molecular complexity index is 455. The zero-order chi connectivity index (χ0) is 15.0. The number of hydrogen-bond donors (Lipinski definition) is 2. The van der Waals surface area contributed by atoms with Gasteiger partial charge in [0.1, 0.15) is 6.04 Å². The molecule has 1 atom stereocenters. The molecule has 1 aromatic rings. The van der Waals surface area contributed by atoms with Crippen LogP contribution in [0.15, 0.2) is 24.3 Å². The van der Waals surface area contributed by atoms with Gasteiger partial charge in [0.15, 0.2) is 0 Å². The number of benzene rings is 1. The number of amides is 1. The Balaban J connectivity index is 2.65. The van der Waals surface area contributed by atoms with Crippen LogP contribution in [0.4, 0.5) is 0 Å². The molecule has 20 heavy (non-hydrogen) atoms. The molecule has 0 spiro atoms. The average molecular weight is 390 g/mol. The molecule has 0 bridgehead atoms. The minimum absolute atomic E-state index is 0.233. The van der Waals surface area contributed by atoms with Crippen molar-refractivity contribution >= 4 is 42.1 Å². The van der Waals surface area contributed by atoms with E-state index in [4.69, 9.17) is 4.65 Å². The zero-order valence-corrected chi connectivity index (χ0v) is 13.5. The Kier molecular flexibility index (Phi) is 7.56. The standard InChI is InChI=1S/C12H16BIN2O4/c1-19-12(18)10(7-15-13-20-2)16-11(17)8-3-5-9(14)6-4-8/h3-6,10,13,15H,7H2,1-2H3,(H,16,17)/t10-/m0/s1. The van der Waals surface area contributed by atoms with Gasteiger partial charge in [0.05, 0.1) is 7.11 Å². The molecular formula is C12H16BIN2O4. The normalized spacial score (nSPS) is 11.6. The number of carbonyl (C=O) groups excluding carboxylic acids is 2. The summed E-state index contributed by atoms with van der Waals surface area (Å²) in [7, 11) is 3.10. The quantitative estimate of drug-likeness (QED) is 0.298. The minimum Gasteiger partial charge on any atom is -0.467 e. The van der Waals surface area contributed by atoms with Crippen molar-refractivity contribution in [3.05, 3.63) is 33.4 Å². The van der Waals surface area contributed by atoms with Crippen LogP contribution in [0.2, 0.25) is 0 Å². The second kappa shape index (κ2) is 8.93. The summed E-state index contributed by atoms with van der Waals surface area (Å²) in [5, 5.41) is 5.51. The fraction of sp³-hybridized carbons (Fsp3) is 0.333. The van der Waals surface area contributed by atoms with Crippen molar-refractivity contribution in [1.82, 2.24) is 10.5 Å². The van der Waals surface area contributed by atoms with Crippen molar-refractivity contribution in [2.75, 3.05) is 20.8 Å². The molecule has 6 nitrogen and oxygen atoms in total. The van der Waals surface area contributed by atoms with Gasteiger partial charge in [-0.15, -0.1) is 0 Å². The van der Waals surface area contributed by atoms with Gasteiger partial charge in [0.25, 0.3) is 5.91 Å². The first-order valence-corrected chi connectivity index (χ1v) is 7.00. The summed E-state index contributed by atoms with van der Waals surface area (Å²) in [5.74, 6) is -0.830. The number of hydrogen-bond acceptors (Lipinski definition) is 5. The third-order valence-corrected chi connectivity index (χ3v) is 3.21. The number of halogens is 1. The zero-order valence-electron chi connectivity index (χ0n) is 11.3. The van der Waals surface area contributed by atoms with Crippen LogP contribution in [0, 0.1) is 3.57 Å². The summed E-state index contributed by atoms with van der Waals surface area (Å²) in [6.07, 6.45) is 0. The van der Waals surface area contributed by atoms with Crippen molar-refractivity contribution in [2.24, 2.45) is 0 Å². The first-order valence-electron chi connectivity index (χ1n) is 5.92. The van der Waals surface area contributed by atoms with E-state index in [0.29, 0.717) is 5.56 Å². The Morgan fingerprint density at radius 1 is 1.30 bits per heavy atom. The SMILES string of the molecule is COBNC[C@H](NC(=O)c1ccc(I)cc1)C(=O)OC. The van der Waals surface area contributed by atoms with Crippen LogP contribution < -0.4 is 10.5 Å². The van der Waals surface area contributed by atoms with Gasteiger partial charge in [-0.05, 0) is 46.9 Å². The van der Waals surface area contributed by atoms with Crippen LogP contribution >= 0.6 is 22.6 Å². The predicted molar refractivity (Wildman–Crippen MR) is 84.6 cm³/mol. The van der Waals surface area contributed by atoms with E-state index in [0.717, 1.165) is 3.57 Å². The molecule has 0 heterocycles. The molecule has 2 N–H and O–H groups in total. The maximum Gasteiger partial charge on any atom is 0.360 e. The van der Waals surface area contributed by atoms with E-state index in [-0.39, 0.29) is 20.1 Å². The summed E-state index contributed by atoms with van der Waals surface area (Å²) in [6.45, 7) is 0.233. The van der Waals surface area contributed by atoms with Gasteiger partial charge in [-0.1, -0.05) is 0 Å². The number of carbonyl (C=O) groups is 2. The Morgan fingerprint density at radius 2 is 1.95 bits per heavy atom. The summed E-state index contributed by atoms with van der Waals surface area (Å²) in [4.78, 5) is 23.6. The maximum absolute atomic E-state index is 12.0. The average Bonchev–Trinajstić information content (AvgIpc) is 2.46. The molecule has 0 aliphatic carbocycles. The Labute approximate surface area is 132 Å². The molecule has 0 aromatic heterocycles. The van der Waals surface area contributed by atoms with E-state index in [1.54, 1.807) is 12.1 Å². The molecule has 0 aliphatic rings. The summed E-state index contributed by atoms with van der Waals surface area (Å²) < 4.78 is 10.5. The van der Waals surface area contributed by atoms with Crippen LogP contribution in [-0.4, -0.2) is 46.3 Å². The number of ether oxygens (including phenoxy) is 1. The topological polar surface area (TPSA) is 76.7 Å². The number of rotatable bonds is 7. The van der Waals surface area contributed by atoms with E-state index in [9.17, 15) is 9.59 Å². The monoisotopic (exact) mass is 390 g/mol. The third-order valence-electron chi connectivity index (χ3n) is 2.49. The van der Waals surface area contributed by atoms with E-state index < -0.39 is 12.0 Å². The molecular weight excluding hydrogens is 374 g/mol. The maximum atomic E-state index is 12.0. The molecule has 108 valence electrons. The van der Waals surface area contributed by atoms with Crippen LogP contribution in [0.1, 0.15) is 10.4 Å². The molecule has 0 radical (unpaired) electrons. The lowest BCUT2D eigenvalue weighted by Crippen LogP contribution is -2.48. The van der Waals surface area contributed by atoms with Gasteiger partial charge in [-0.3, -0.25) is 4.79 Å². The highest BCUT2D eigenvalue weighted by Crippen LogP contribution is 2.07. The minimum atomic E-state index is -0.762. The van der Waals surface area contributed by atoms with Gasteiger partial charge < -0.3 is 19.9 Å². The molecule has 1 amide bonds. The molecule has 0 saturated carbocycles. The first-order chi connectivity index (χ1) is 9.58. The van der Waals surface area contributed by atoms with Gasteiger partial charge >= 0.3 is 13.6 Å². The summed E-state index contributed by atoms with van der Waals surface area (Å²) in [6, 6.07) is 6.29. The van der Waals surface area contributed by atoms with Crippen LogP contribution in [0.25, 0.3) is 0 Å². The Hall–Kier alpha value is -1.13. The van der Waals surface area contributed by atoms with Crippen molar-refractivity contribution in [2.45, 2.75) is 6.04 Å². The lowest BCUT2D eigenvalue weighted by atomic mass is 10.1. The molecule has 0 unspecified atom stereocenters. The summed E-state index contributed by atoms with van der Waals surface area (Å²) >= 11 is 2.15.